The van der Waals surface area contributed by atoms with Crippen LogP contribution in [0, 0.1) is 0 Å². The van der Waals surface area contributed by atoms with Crippen LogP contribution in [0.3, 0.4) is 0 Å². The highest BCUT2D eigenvalue weighted by Gasteiger charge is 2.45. The summed E-state index contributed by atoms with van der Waals surface area (Å²) in [4.78, 5) is 0.136. The summed E-state index contributed by atoms with van der Waals surface area (Å²) < 4.78 is 34.1. The fourth-order valence-corrected chi connectivity index (χ4v) is 11.1. The SMILES string of the molecule is CCCC[P+](CCCC)(CCCC)C(CCC)c1ccccc1S(=O)(=O)O. The molecule has 0 amide bonds. The van der Waals surface area contributed by atoms with Crippen LogP contribution in [0.1, 0.15) is 90.3 Å². The lowest BCUT2D eigenvalue weighted by Crippen LogP contribution is -2.19. The van der Waals surface area contributed by atoms with Gasteiger partial charge in [0.2, 0.25) is 0 Å². The summed E-state index contributed by atoms with van der Waals surface area (Å²) in [5.41, 5.74) is 1.16. The minimum Gasteiger partial charge on any atom is -0.282 e. The van der Waals surface area contributed by atoms with Gasteiger partial charge >= 0.3 is 0 Å². The van der Waals surface area contributed by atoms with E-state index in [2.05, 4.69) is 27.7 Å². The first-order valence-corrected chi connectivity index (χ1v) is 14.6. The average Bonchev–Trinajstić information content (AvgIpc) is 2.65. The maximum Gasteiger partial charge on any atom is 0.294 e. The van der Waals surface area contributed by atoms with Gasteiger partial charge in [0.15, 0.2) is 0 Å². The molecular weight excluding hydrogens is 375 g/mol. The van der Waals surface area contributed by atoms with Crippen molar-refractivity contribution in [3.8, 4) is 0 Å². The Morgan fingerprint density at radius 3 is 1.74 bits per heavy atom. The van der Waals surface area contributed by atoms with Gasteiger partial charge < -0.3 is 0 Å². The van der Waals surface area contributed by atoms with Gasteiger partial charge in [0, 0.05) is 12.8 Å². The van der Waals surface area contributed by atoms with Crippen LogP contribution in [0.2, 0.25) is 0 Å². The Balaban J connectivity index is 3.53. The third-order valence-corrected chi connectivity index (χ3v) is 12.1. The number of benzene rings is 1. The molecule has 0 aliphatic heterocycles. The van der Waals surface area contributed by atoms with Crippen LogP contribution in [0.25, 0.3) is 0 Å². The molecule has 0 saturated carbocycles. The Hall–Kier alpha value is -0.440. The summed E-state index contributed by atoms with van der Waals surface area (Å²) in [6.07, 6.45) is 13.0. The smallest absolute Gasteiger partial charge is 0.282 e. The molecule has 0 heterocycles. The van der Waals surface area contributed by atoms with E-state index in [1.165, 1.54) is 57.0 Å². The van der Waals surface area contributed by atoms with Gasteiger partial charge in [-0.3, -0.25) is 4.55 Å². The molecule has 3 nitrogen and oxygen atoms in total. The van der Waals surface area contributed by atoms with Crippen molar-refractivity contribution in [3.05, 3.63) is 29.8 Å². The summed E-state index contributed by atoms with van der Waals surface area (Å²) in [6, 6.07) is 7.20. The third-order valence-electron chi connectivity index (χ3n) is 5.65. The molecule has 5 heteroatoms. The van der Waals surface area contributed by atoms with E-state index in [1.807, 2.05) is 12.1 Å². The van der Waals surface area contributed by atoms with E-state index < -0.39 is 17.4 Å². The van der Waals surface area contributed by atoms with E-state index in [9.17, 15) is 13.0 Å². The van der Waals surface area contributed by atoms with Gasteiger partial charge in [0.05, 0.1) is 24.1 Å². The first-order chi connectivity index (χ1) is 12.9. The predicted octanol–water partition coefficient (Wildman–Crippen LogP) is 7.19. The molecule has 1 aromatic rings. The van der Waals surface area contributed by atoms with Gasteiger partial charge in [-0.1, -0.05) is 71.6 Å². The molecule has 27 heavy (non-hydrogen) atoms. The highest BCUT2D eigenvalue weighted by molar-refractivity contribution is 7.86. The van der Waals surface area contributed by atoms with Gasteiger partial charge in [0.25, 0.3) is 10.1 Å². The molecule has 0 spiro atoms. The highest BCUT2D eigenvalue weighted by atomic mass is 32.2. The predicted molar refractivity (Wildman–Crippen MR) is 120 cm³/mol. The molecule has 1 unspecified atom stereocenters. The number of hydrogen-bond donors (Lipinski definition) is 1. The van der Waals surface area contributed by atoms with Crippen LogP contribution in [-0.4, -0.2) is 31.5 Å². The maximum absolute atomic E-state index is 12.1. The number of rotatable bonds is 14. The van der Waals surface area contributed by atoms with Gasteiger partial charge in [-0.15, -0.1) is 0 Å². The molecule has 1 atom stereocenters. The Morgan fingerprint density at radius 2 is 1.33 bits per heavy atom. The van der Waals surface area contributed by atoms with E-state index in [0.717, 1.165) is 18.4 Å². The third kappa shape index (κ3) is 7.15. The first-order valence-electron chi connectivity index (χ1n) is 10.8. The van der Waals surface area contributed by atoms with E-state index in [4.69, 9.17) is 0 Å². The Morgan fingerprint density at radius 1 is 0.852 bits per heavy atom. The van der Waals surface area contributed by atoms with Gasteiger partial charge in [0.1, 0.15) is 4.90 Å². The summed E-state index contributed by atoms with van der Waals surface area (Å²) in [7, 11) is -5.57. The lowest BCUT2D eigenvalue weighted by Gasteiger charge is -2.36. The monoisotopic (exact) mass is 415 g/mol. The second-order valence-electron chi connectivity index (χ2n) is 7.77. The fraction of sp³-hybridized carbons (Fsp3) is 0.727. The van der Waals surface area contributed by atoms with Crippen molar-refractivity contribution >= 4 is 17.4 Å². The second kappa shape index (κ2) is 12.2. The molecule has 1 N–H and O–H groups in total. The minimum atomic E-state index is -4.20. The molecule has 0 saturated heterocycles. The zero-order valence-corrected chi connectivity index (χ0v) is 19.5. The second-order valence-corrected chi connectivity index (χ2v) is 13.6. The zero-order chi connectivity index (χ0) is 20.3. The molecule has 0 fully saturated rings. The van der Waals surface area contributed by atoms with E-state index in [0.29, 0.717) is 0 Å². The lowest BCUT2D eigenvalue weighted by molar-refractivity contribution is 0.481. The van der Waals surface area contributed by atoms with Gasteiger partial charge in [-0.05, 0) is 31.7 Å². The number of hydrogen-bond acceptors (Lipinski definition) is 2. The van der Waals surface area contributed by atoms with E-state index >= 15 is 0 Å². The van der Waals surface area contributed by atoms with Gasteiger partial charge in [-0.2, -0.15) is 8.42 Å². The number of unbranched alkanes of at least 4 members (excludes halogenated alkanes) is 3. The molecule has 1 aromatic carbocycles. The summed E-state index contributed by atoms with van der Waals surface area (Å²) in [5.74, 6) is 0. The maximum atomic E-state index is 12.1. The zero-order valence-electron chi connectivity index (χ0n) is 17.8. The Bertz CT molecular complexity index is 621. The molecule has 1 rings (SSSR count). The average molecular weight is 416 g/mol. The molecule has 0 radical (unpaired) electrons. The lowest BCUT2D eigenvalue weighted by atomic mass is 10.1. The quantitative estimate of drug-likeness (QED) is 0.258. The van der Waals surface area contributed by atoms with Crippen molar-refractivity contribution in [1.29, 1.82) is 0 Å². The van der Waals surface area contributed by atoms with Crippen LogP contribution in [0.5, 0.6) is 0 Å². The van der Waals surface area contributed by atoms with E-state index in [-0.39, 0.29) is 10.6 Å². The van der Waals surface area contributed by atoms with Crippen molar-refractivity contribution in [2.24, 2.45) is 0 Å². The minimum absolute atomic E-state index is 0.136. The molecule has 156 valence electrons. The van der Waals surface area contributed by atoms with Crippen molar-refractivity contribution in [2.45, 2.75) is 89.6 Å². The normalized spacial score (nSPS) is 13.7. The van der Waals surface area contributed by atoms with Crippen LogP contribution in [0.15, 0.2) is 29.2 Å². The molecular formula is C22H40O3PS+. The molecule has 0 aliphatic carbocycles. The molecule has 0 aliphatic rings. The van der Waals surface area contributed by atoms with Crippen LogP contribution in [-0.2, 0) is 10.1 Å². The molecule has 0 aromatic heterocycles. The van der Waals surface area contributed by atoms with Gasteiger partial charge in [-0.25, -0.2) is 0 Å². The highest BCUT2D eigenvalue weighted by Crippen LogP contribution is 2.72. The summed E-state index contributed by atoms with van der Waals surface area (Å²) >= 11 is 0. The van der Waals surface area contributed by atoms with Crippen LogP contribution >= 0.6 is 7.26 Å². The van der Waals surface area contributed by atoms with E-state index in [1.54, 1.807) is 12.1 Å². The standard InChI is InChI=1S/C22H39O3PS/c1-5-9-17-26(18-10-6-2,19-11-7-3)21(14-8-4)20-15-12-13-16-22(20)27(23,24)25/h12-13,15-16,21H,5-11,14,17-19H2,1-4H3/p+1. The largest absolute Gasteiger partial charge is 0.294 e. The van der Waals surface area contributed by atoms with Crippen molar-refractivity contribution in [2.75, 3.05) is 18.5 Å². The van der Waals surface area contributed by atoms with Crippen LogP contribution < -0.4 is 0 Å². The van der Waals surface area contributed by atoms with Crippen molar-refractivity contribution < 1.29 is 13.0 Å². The fourth-order valence-electron chi connectivity index (χ4n) is 4.21. The van der Waals surface area contributed by atoms with Crippen molar-refractivity contribution in [3.63, 3.8) is 0 Å². The summed E-state index contributed by atoms with van der Waals surface area (Å²) in [6.45, 7) is 8.93. The Labute approximate surface area is 168 Å². The van der Waals surface area contributed by atoms with Crippen molar-refractivity contribution in [1.82, 2.24) is 0 Å². The Kier molecular flexibility index (Phi) is 11.1. The topological polar surface area (TPSA) is 54.4 Å². The van der Waals surface area contributed by atoms with Crippen LogP contribution in [0.4, 0.5) is 0 Å². The summed E-state index contributed by atoms with van der Waals surface area (Å²) in [5, 5.41) is 0. The molecule has 0 bridgehead atoms. The first kappa shape index (κ1) is 24.6.